The van der Waals surface area contributed by atoms with Crippen LogP contribution in [-0.4, -0.2) is 60.8 Å². The first-order valence-corrected chi connectivity index (χ1v) is 25.1. The molecule has 10 nitrogen and oxygen atoms in total. The Kier molecular flexibility index (Phi) is 15.5. The number of fused-ring (bicyclic) bond motifs is 11. The highest BCUT2D eigenvalue weighted by molar-refractivity contribution is 5.90. The Balaban J connectivity index is 1.15. The molecule has 0 saturated carbocycles. The SMILES string of the molecule is COCC(CCO)c1cc2ccc3c(c2oc1=O)C1OC(=O)CC2CC(c4cccc(Cc5ccccc5)c4)C=CC2c2ccc(cc2)CCC(=C(C)CO)C(=O)OC1C(C)(CCCc1ccccc1)O3. The summed E-state index contributed by atoms with van der Waals surface area (Å²) in [5, 5.41) is 20.9. The molecule has 0 amide bonds. The van der Waals surface area contributed by atoms with Crippen LogP contribution in [0.4, 0.5) is 0 Å². The van der Waals surface area contributed by atoms with Crippen molar-refractivity contribution in [1.82, 2.24) is 0 Å². The molecule has 0 spiro atoms. The monoisotopic (exact) mass is 956 g/mol. The number of hydrogen-bond donors (Lipinski definition) is 2. The van der Waals surface area contributed by atoms with Gasteiger partial charge in [-0.05, 0) is 128 Å². The van der Waals surface area contributed by atoms with Gasteiger partial charge in [-0.15, -0.1) is 0 Å². The molecule has 10 rings (SSSR count). The molecule has 7 atom stereocenters. The first kappa shape index (κ1) is 49.4. The summed E-state index contributed by atoms with van der Waals surface area (Å²) >= 11 is 0. The fraction of sp³-hybridized carbons (Fsp3) is 0.361. The van der Waals surface area contributed by atoms with Crippen molar-refractivity contribution >= 4 is 22.9 Å². The normalized spacial score (nSPS) is 23.4. The number of esters is 2. The maximum absolute atomic E-state index is 15.2. The van der Waals surface area contributed by atoms with E-state index in [0.717, 1.165) is 23.1 Å². The zero-order chi connectivity index (χ0) is 49.5. The molecule has 3 aliphatic heterocycles. The Morgan fingerprint density at radius 2 is 1.55 bits per heavy atom. The van der Waals surface area contributed by atoms with Crippen LogP contribution >= 0.6 is 0 Å². The van der Waals surface area contributed by atoms with Gasteiger partial charge in [-0.2, -0.15) is 0 Å². The van der Waals surface area contributed by atoms with Crippen LogP contribution in [-0.2, 0) is 43.1 Å². The summed E-state index contributed by atoms with van der Waals surface area (Å²) in [5.41, 5.74) is 6.54. The van der Waals surface area contributed by atoms with Gasteiger partial charge in [0.1, 0.15) is 16.9 Å². The van der Waals surface area contributed by atoms with Gasteiger partial charge >= 0.3 is 17.6 Å². The molecule has 4 aliphatic rings. The predicted molar refractivity (Wildman–Crippen MR) is 274 cm³/mol. The van der Waals surface area contributed by atoms with Crippen LogP contribution < -0.4 is 10.4 Å². The number of allylic oxidation sites excluding steroid dienone is 2. The lowest BCUT2D eigenvalue weighted by Gasteiger charge is -2.45. The highest BCUT2D eigenvalue weighted by Gasteiger charge is 2.53. The van der Waals surface area contributed by atoms with Crippen LogP contribution in [0.15, 0.2) is 160 Å². The molecule has 10 heteroatoms. The number of aliphatic hydroxyl groups excluding tert-OH is 2. The molecule has 1 aromatic heterocycles. The largest absolute Gasteiger partial charge is 0.483 e. The molecule has 2 bridgehead atoms. The van der Waals surface area contributed by atoms with E-state index in [2.05, 4.69) is 97.1 Å². The lowest BCUT2D eigenvalue weighted by molar-refractivity contribution is -0.192. The maximum Gasteiger partial charge on any atom is 0.339 e. The Labute approximate surface area is 415 Å². The van der Waals surface area contributed by atoms with Crippen molar-refractivity contribution in [2.75, 3.05) is 26.9 Å². The van der Waals surface area contributed by atoms with Crippen LogP contribution in [0.1, 0.15) is 121 Å². The Bertz CT molecular complexity index is 2930. The number of rotatable bonds is 13. The smallest absolute Gasteiger partial charge is 0.339 e. The molecular weight excluding hydrogens is 893 g/mol. The highest BCUT2D eigenvalue weighted by atomic mass is 16.6. The Morgan fingerprint density at radius 3 is 2.28 bits per heavy atom. The summed E-state index contributed by atoms with van der Waals surface area (Å²) in [4.78, 5) is 44.1. The van der Waals surface area contributed by atoms with E-state index in [9.17, 15) is 19.8 Å². The summed E-state index contributed by atoms with van der Waals surface area (Å²) in [5.74, 6) is -1.49. The topological polar surface area (TPSA) is 142 Å². The fourth-order valence-corrected chi connectivity index (χ4v) is 11.0. The molecule has 0 radical (unpaired) electrons. The van der Waals surface area contributed by atoms with Gasteiger partial charge in [0.25, 0.3) is 0 Å². The first-order valence-electron chi connectivity index (χ1n) is 25.1. The van der Waals surface area contributed by atoms with Crippen molar-refractivity contribution < 1.29 is 43.2 Å². The van der Waals surface area contributed by atoms with Gasteiger partial charge in [-0.25, -0.2) is 9.59 Å². The van der Waals surface area contributed by atoms with E-state index in [1.54, 1.807) is 26.2 Å². The Hall–Kier alpha value is -6.59. The van der Waals surface area contributed by atoms with Gasteiger partial charge in [0.2, 0.25) is 0 Å². The predicted octanol–water partition coefficient (Wildman–Crippen LogP) is 11.0. The summed E-state index contributed by atoms with van der Waals surface area (Å²) in [7, 11) is 1.54. The third kappa shape index (κ3) is 11.2. The van der Waals surface area contributed by atoms with E-state index in [-0.39, 0.29) is 68.0 Å². The average Bonchev–Trinajstić information content (AvgIpc) is 3.37. The quantitative estimate of drug-likeness (QED) is 0.0497. The van der Waals surface area contributed by atoms with Crippen LogP contribution in [0.2, 0.25) is 0 Å². The molecule has 0 saturated heterocycles. The number of benzene rings is 5. The van der Waals surface area contributed by atoms with Gasteiger partial charge in [0, 0.05) is 54.4 Å². The number of ether oxygens (including phenoxy) is 4. The fourth-order valence-electron chi connectivity index (χ4n) is 11.0. The van der Waals surface area contributed by atoms with Crippen molar-refractivity contribution in [3.05, 3.63) is 206 Å². The average molecular weight is 957 g/mol. The van der Waals surface area contributed by atoms with Crippen LogP contribution in [0.25, 0.3) is 11.0 Å². The molecule has 2 N–H and O–H groups in total. The van der Waals surface area contributed by atoms with Crippen LogP contribution in [0.3, 0.4) is 0 Å². The molecular formula is C61H64O10. The maximum atomic E-state index is 15.2. The van der Waals surface area contributed by atoms with Crippen LogP contribution in [0, 0.1) is 5.92 Å². The third-order valence-electron chi connectivity index (χ3n) is 14.9. The highest BCUT2D eigenvalue weighted by Crippen LogP contribution is 2.50. The number of aryl methyl sites for hydroxylation is 2. The standard InChI is InChI=1S/C61H64O10/c1-39(37-63)50-26-21-41-19-22-44(23-20-41)51-27-24-46(45-18-10-16-43(33-45)32-42-14-8-5-9-15-42)34-49(51)36-54(64)68-57-55-53(28-25-47-35-52(60(66)69-56(47)55)48(29-31-62)38-67-3)71-61(2,58(57)70-59(50)65)30-11-17-40-12-6-4-7-13-40/h4-10,12-16,18-20,22-25,27-28,33,35,46,48-49,51,57-58,62-63H,11,17,21,26,29-32,34,36-38H2,1-3H3. The summed E-state index contributed by atoms with van der Waals surface area (Å²) in [6.45, 7) is 3.28. The van der Waals surface area contributed by atoms with E-state index >= 15 is 4.79 Å². The van der Waals surface area contributed by atoms with E-state index in [0.29, 0.717) is 59.9 Å². The first-order chi connectivity index (χ1) is 34.5. The van der Waals surface area contributed by atoms with Crippen molar-refractivity contribution in [1.29, 1.82) is 0 Å². The van der Waals surface area contributed by atoms with E-state index in [4.69, 9.17) is 23.4 Å². The van der Waals surface area contributed by atoms with Gasteiger partial charge in [0.05, 0.1) is 18.8 Å². The molecule has 1 aliphatic carbocycles. The zero-order valence-corrected chi connectivity index (χ0v) is 40.9. The zero-order valence-electron chi connectivity index (χ0n) is 40.9. The summed E-state index contributed by atoms with van der Waals surface area (Å²) in [6, 6.07) is 43.0. The van der Waals surface area contributed by atoms with E-state index in [1.807, 2.05) is 37.3 Å². The lowest BCUT2D eigenvalue weighted by Crippen LogP contribution is -2.54. The molecule has 6 aromatic rings. The molecule has 7 unspecified atom stereocenters. The summed E-state index contributed by atoms with van der Waals surface area (Å²) in [6.07, 6.45) is 6.40. The van der Waals surface area contributed by atoms with Crippen LogP contribution in [0.5, 0.6) is 5.75 Å². The van der Waals surface area contributed by atoms with E-state index < -0.39 is 41.3 Å². The number of hydrogen-bond acceptors (Lipinski definition) is 10. The van der Waals surface area contributed by atoms with Gasteiger partial charge in [-0.3, -0.25) is 4.79 Å². The minimum atomic E-state index is -1.27. The van der Waals surface area contributed by atoms with Crippen molar-refractivity contribution in [2.45, 2.75) is 107 Å². The van der Waals surface area contributed by atoms with Gasteiger partial charge in [-0.1, -0.05) is 121 Å². The molecule has 368 valence electrons. The molecule has 4 heterocycles. The van der Waals surface area contributed by atoms with Gasteiger partial charge < -0.3 is 33.6 Å². The summed E-state index contributed by atoms with van der Waals surface area (Å²) < 4.78 is 32.2. The number of carbonyl (C=O) groups excluding carboxylic acids is 2. The second kappa shape index (κ2) is 22.2. The minimum Gasteiger partial charge on any atom is -0.483 e. The Morgan fingerprint density at radius 1 is 0.803 bits per heavy atom. The second-order valence-electron chi connectivity index (χ2n) is 19.8. The molecule has 71 heavy (non-hydrogen) atoms. The van der Waals surface area contributed by atoms with Crippen molar-refractivity contribution in [3.8, 4) is 5.75 Å². The minimum absolute atomic E-state index is 0.0372. The van der Waals surface area contributed by atoms with Crippen molar-refractivity contribution in [3.63, 3.8) is 0 Å². The third-order valence-corrected chi connectivity index (χ3v) is 14.9. The number of methoxy groups -OCH3 is 1. The second-order valence-corrected chi connectivity index (χ2v) is 19.8. The number of aliphatic hydroxyl groups is 2. The van der Waals surface area contributed by atoms with E-state index in [1.165, 1.54) is 16.7 Å². The van der Waals surface area contributed by atoms with Gasteiger partial charge in [0.15, 0.2) is 12.2 Å². The lowest BCUT2D eigenvalue weighted by atomic mass is 9.72. The number of carbonyl (C=O) groups is 2. The molecule has 0 fully saturated rings. The van der Waals surface area contributed by atoms with Crippen molar-refractivity contribution in [2.24, 2.45) is 5.92 Å². The molecule has 5 aromatic carbocycles.